The summed E-state index contributed by atoms with van der Waals surface area (Å²) in [6, 6.07) is 13.6. The van der Waals surface area contributed by atoms with Crippen molar-refractivity contribution >= 4 is 22.6 Å². The zero-order valence-electron chi connectivity index (χ0n) is 15.7. The number of hydrogen-bond acceptors (Lipinski definition) is 7. The molecule has 0 atom stereocenters. The van der Waals surface area contributed by atoms with Gasteiger partial charge in [-0.2, -0.15) is 0 Å². The molecule has 146 valence electrons. The highest BCUT2D eigenvalue weighted by atomic mass is 16.5. The molecule has 2 heterocycles. The van der Waals surface area contributed by atoms with Crippen LogP contribution in [-0.4, -0.2) is 32.6 Å². The van der Waals surface area contributed by atoms with Gasteiger partial charge in [0.05, 0.1) is 17.1 Å². The Hall–Kier alpha value is -4.01. The van der Waals surface area contributed by atoms with Crippen LogP contribution in [0.5, 0.6) is 5.75 Å². The number of tetrazole rings is 1. The first kappa shape index (κ1) is 18.4. The summed E-state index contributed by atoms with van der Waals surface area (Å²) >= 11 is 0. The number of aromatic amines is 1. The third-order valence-electron chi connectivity index (χ3n) is 4.06. The van der Waals surface area contributed by atoms with Crippen molar-refractivity contribution in [2.75, 3.05) is 5.32 Å². The molecule has 0 aliphatic carbocycles. The summed E-state index contributed by atoms with van der Waals surface area (Å²) in [5.41, 5.74) is 1.27. The molecule has 0 bridgehead atoms. The fourth-order valence-corrected chi connectivity index (χ4v) is 2.84. The van der Waals surface area contributed by atoms with E-state index in [2.05, 4.69) is 25.9 Å². The molecule has 4 rings (SSSR count). The molecule has 2 aromatic carbocycles. The summed E-state index contributed by atoms with van der Waals surface area (Å²) in [5, 5.41) is 15.6. The average Bonchev–Trinajstić information content (AvgIpc) is 3.23. The number of amides is 1. The van der Waals surface area contributed by atoms with E-state index in [4.69, 9.17) is 9.15 Å². The summed E-state index contributed by atoms with van der Waals surface area (Å²) in [7, 11) is 0. The molecule has 0 radical (unpaired) electrons. The van der Waals surface area contributed by atoms with Crippen molar-refractivity contribution in [3.05, 3.63) is 64.6 Å². The number of carbonyl (C=O) groups is 1. The third kappa shape index (κ3) is 3.84. The van der Waals surface area contributed by atoms with Gasteiger partial charge >= 0.3 is 0 Å². The lowest BCUT2D eigenvalue weighted by Crippen LogP contribution is -2.14. The monoisotopic (exact) mass is 391 g/mol. The second-order valence-electron chi connectivity index (χ2n) is 6.55. The maximum atomic E-state index is 12.7. The molecule has 0 saturated carbocycles. The van der Waals surface area contributed by atoms with Crippen LogP contribution in [0.1, 0.15) is 24.5 Å². The summed E-state index contributed by atoms with van der Waals surface area (Å²) in [6.45, 7) is 3.86. The quantitative estimate of drug-likeness (QED) is 0.536. The van der Waals surface area contributed by atoms with Crippen LogP contribution in [0.25, 0.3) is 22.3 Å². The van der Waals surface area contributed by atoms with E-state index in [1.165, 1.54) is 6.07 Å². The molecule has 9 nitrogen and oxygen atoms in total. The van der Waals surface area contributed by atoms with Crippen LogP contribution in [0.15, 0.2) is 57.7 Å². The number of nitrogens with zero attached hydrogens (tertiary/aromatic N) is 3. The van der Waals surface area contributed by atoms with Gasteiger partial charge in [0.15, 0.2) is 5.43 Å². The SMILES string of the molecule is CC(C)Oc1ccccc1-c1cc(=O)c2cc(NC(=O)c3nnn[nH]3)ccc2o1. The number of ether oxygens (including phenoxy) is 1. The van der Waals surface area contributed by atoms with Crippen LogP contribution in [0.4, 0.5) is 5.69 Å². The van der Waals surface area contributed by atoms with Crippen molar-refractivity contribution in [2.45, 2.75) is 20.0 Å². The molecule has 2 N–H and O–H groups in total. The Kier molecular flexibility index (Phi) is 4.78. The minimum Gasteiger partial charge on any atom is -0.490 e. The molecular weight excluding hydrogens is 374 g/mol. The lowest BCUT2D eigenvalue weighted by molar-refractivity contribution is 0.101. The average molecular weight is 391 g/mol. The smallest absolute Gasteiger partial charge is 0.294 e. The summed E-state index contributed by atoms with van der Waals surface area (Å²) in [4.78, 5) is 24.8. The molecular formula is C20H17N5O4. The van der Waals surface area contributed by atoms with E-state index >= 15 is 0 Å². The summed E-state index contributed by atoms with van der Waals surface area (Å²) < 4.78 is 11.8. The van der Waals surface area contributed by atoms with E-state index < -0.39 is 5.91 Å². The molecule has 0 spiro atoms. The zero-order chi connectivity index (χ0) is 20.4. The number of rotatable bonds is 5. The Morgan fingerprint density at radius 1 is 1.17 bits per heavy atom. The Balaban J connectivity index is 1.70. The van der Waals surface area contributed by atoms with Crippen LogP contribution in [0.3, 0.4) is 0 Å². The van der Waals surface area contributed by atoms with Crippen molar-refractivity contribution in [1.82, 2.24) is 20.6 Å². The number of fused-ring (bicyclic) bond motifs is 1. The molecule has 9 heteroatoms. The highest BCUT2D eigenvalue weighted by Gasteiger charge is 2.14. The summed E-state index contributed by atoms with van der Waals surface area (Å²) in [6.07, 6.45) is -0.0194. The van der Waals surface area contributed by atoms with Crippen molar-refractivity contribution in [3.63, 3.8) is 0 Å². The minimum atomic E-state index is -0.518. The number of benzene rings is 2. The lowest BCUT2D eigenvalue weighted by atomic mass is 10.1. The predicted octanol–water partition coefficient (Wildman–Crippen LogP) is 3.01. The Labute approximate surface area is 164 Å². The number of H-pyrrole nitrogens is 1. The van der Waals surface area contributed by atoms with Gasteiger partial charge in [0.2, 0.25) is 5.82 Å². The maximum absolute atomic E-state index is 12.7. The second kappa shape index (κ2) is 7.55. The summed E-state index contributed by atoms with van der Waals surface area (Å²) in [5.74, 6) is 0.488. The van der Waals surface area contributed by atoms with E-state index in [9.17, 15) is 9.59 Å². The fraction of sp³-hybridized carbons (Fsp3) is 0.150. The number of para-hydroxylation sites is 1. The zero-order valence-corrected chi connectivity index (χ0v) is 15.7. The molecule has 2 aromatic heterocycles. The van der Waals surface area contributed by atoms with Crippen LogP contribution >= 0.6 is 0 Å². The van der Waals surface area contributed by atoms with E-state index in [1.807, 2.05) is 38.1 Å². The molecule has 29 heavy (non-hydrogen) atoms. The van der Waals surface area contributed by atoms with Gasteiger partial charge < -0.3 is 14.5 Å². The normalized spacial score (nSPS) is 11.0. The van der Waals surface area contributed by atoms with Crippen LogP contribution in [0.2, 0.25) is 0 Å². The predicted molar refractivity (Wildman–Crippen MR) is 106 cm³/mol. The van der Waals surface area contributed by atoms with Crippen LogP contribution in [0, 0.1) is 0 Å². The highest BCUT2D eigenvalue weighted by molar-refractivity contribution is 6.02. The number of nitrogens with one attached hydrogen (secondary N) is 2. The van der Waals surface area contributed by atoms with Gasteiger partial charge in [-0.1, -0.05) is 12.1 Å². The van der Waals surface area contributed by atoms with Crippen LogP contribution in [-0.2, 0) is 0 Å². The van der Waals surface area contributed by atoms with Gasteiger partial charge in [-0.25, -0.2) is 5.10 Å². The minimum absolute atomic E-state index is 0.0194. The third-order valence-corrected chi connectivity index (χ3v) is 4.06. The largest absolute Gasteiger partial charge is 0.490 e. The van der Waals surface area contributed by atoms with Crippen molar-refractivity contribution in [1.29, 1.82) is 0 Å². The second-order valence-corrected chi connectivity index (χ2v) is 6.55. The van der Waals surface area contributed by atoms with Crippen molar-refractivity contribution in [3.8, 4) is 17.1 Å². The Morgan fingerprint density at radius 2 is 2.00 bits per heavy atom. The van der Waals surface area contributed by atoms with E-state index in [1.54, 1.807) is 18.2 Å². The molecule has 0 aliphatic heterocycles. The maximum Gasteiger partial charge on any atom is 0.294 e. The van der Waals surface area contributed by atoms with Gasteiger partial charge in [0.1, 0.15) is 17.1 Å². The molecule has 0 fully saturated rings. The number of anilines is 1. The van der Waals surface area contributed by atoms with Gasteiger partial charge in [-0.15, -0.1) is 5.10 Å². The molecule has 1 amide bonds. The lowest BCUT2D eigenvalue weighted by Gasteiger charge is -2.14. The molecule has 0 saturated heterocycles. The standard InChI is InChI=1S/C20H17N5O4/c1-11(2)28-16-6-4-3-5-13(16)18-10-15(26)14-9-12(7-8-17(14)29-18)21-20(27)19-22-24-25-23-19/h3-11H,1-2H3,(H,21,27)(H,22,23,24,25). The molecule has 0 unspecified atom stereocenters. The van der Waals surface area contributed by atoms with Crippen molar-refractivity contribution in [2.24, 2.45) is 0 Å². The molecule has 0 aliphatic rings. The first-order valence-electron chi connectivity index (χ1n) is 8.90. The topological polar surface area (TPSA) is 123 Å². The number of aromatic nitrogens is 4. The van der Waals surface area contributed by atoms with Gasteiger partial charge in [0, 0.05) is 11.8 Å². The van der Waals surface area contributed by atoms with Gasteiger partial charge in [-0.05, 0) is 54.6 Å². The molecule has 4 aromatic rings. The number of hydrogen-bond donors (Lipinski definition) is 2. The van der Waals surface area contributed by atoms with E-state index in [0.29, 0.717) is 33.7 Å². The fourth-order valence-electron chi connectivity index (χ4n) is 2.84. The Bertz CT molecular complexity index is 1230. The first-order valence-corrected chi connectivity index (χ1v) is 8.90. The number of carbonyl (C=O) groups excluding carboxylic acids is 1. The van der Waals surface area contributed by atoms with Crippen LogP contribution < -0.4 is 15.5 Å². The van der Waals surface area contributed by atoms with E-state index in [0.717, 1.165) is 0 Å². The van der Waals surface area contributed by atoms with Gasteiger partial charge in [-0.3, -0.25) is 9.59 Å². The highest BCUT2D eigenvalue weighted by Crippen LogP contribution is 2.31. The van der Waals surface area contributed by atoms with Gasteiger partial charge in [0.25, 0.3) is 5.91 Å². The van der Waals surface area contributed by atoms with E-state index in [-0.39, 0.29) is 17.4 Å². The Morgan fingerprint density at radius 3 is 2.76 bits per heavy atom. The first-order chi connectivity index (χ1) is 14.0. The van der Waals surface area contributed by atoms with Crippen molar-refractivity contribution < 1.29 is 13.9 Å².